The zero-order valence-corrected chi connectivity index (χ0v) is 13.9. The molecule has 3 aromatic rings. The molecule has 2 aromatic carbocycles. The molecule has 0 aliphatic rings. The van der Waals surface area contributed by atoms with Crippen LogP contribution in [-0.2, 0) is 6.42 Å². The summed E-state index contributed by atoms with van der Waals surface area (Å²) >= 11 is 0. The number of nitrogens with one attached hydrogen (secondary N) is 1. The summed E-state index contributed by atoms with van der Waals surface area (Å²) in [5.74, 6) is 0.496. The van der Waals surface area contributed by atoms with Gasteiger partial charge in [-0.15, -0.1) is 0 Å². The lowest BCUT2D eigenvalue weighted by Gasteiger charge is -2.17. The van der Waals surface area contributed by atoms with Gasteiger partial charge < -0.3 is 14.5 Å². The van der Waals surface area contributed by atoms with E-state index in [4.69, 9.17) is 9.15 Å². The monoisotopic (exact) mass is 323 g/mol. The maximum absolute atomic E-state index is 12.9. The topological polar surface area (TPSA) is 51.5 Å². The van der Waals surface area contributed by atoms with Gasteiger partial charge in [0.1, 0.15) is 5.75 Å². The third-order valence-corrected chi connectivity index (χ3v) is 3.92. The van der Waals surface area contributed by atoms with Crippen molar-refractivity contribution in [2.24, 2.45) is 0 Å². The number of benzene rings is 2. The average Bonchev–Trinajstić information content (AvgIpc) is 3.07. The van der Waals surface area contributed by atoms with Gasteiger partial charge in [-0.3, -0.25) is 4.79 Å². The molecule has 124 valence electrons. The maximum Gasteiger partial charge on any atom is 0.255 e. The number of carbonyl (C=O) groups excluding carboxylic acids is 1. The first kappa shape index (κ1) is 16.1. The Labute approximate surface area is 141 Å². The van der Waals surface area contributed by atoms with Crippen LogP contribution in [0.2, 0.25) is 0 Å². The molecule has 0 fully saturated rings. The molecular formula is C20H21NO3. The predicted molar refractivity (Wildman–Crippen MR) is 94.5 cm³/mol. The van der Waals surface area contributed by atoms with Gasteiger partial charge in [-0.05, 0) is 48.7 Å². The minimum Gasteiger partial charge on any atom is -0.493 e. The Hall–Kier alpha value is -2.75. The molecule has 1 amide bonds. The van der Waals surface area contributed by atoms with Crippen LogP contribution in [0.1, 0.15) is 29.8 Å². The molecule has 0 spiro atoms. The molecule has 1 aromatic heterocycles. The van der Waals surface area contributed by atoms with Gasteiger partial charge >= 0.3 is 0 Å². The van der Waals surface area contributed by atoms with E-state index < -0.39 is 0 Å². The SMILES string of the molecule is CCOc1ccc2ccccc2c1C(=O)NC(C)Cc1ccoc1. The first-order valence-corrected chi connectivity index (χ1v) is 8.15. The first-order chi connectivity index (χ1) is 11.7. The van der Waals surface area contributed by atoms with Crippen LogP contribution in [-0.4, -0.2) is 18.6 Å². The first-order valence-electron chi connectivity index (χ1n) is 8.15. The lowest BCUT2D eigenvalue weighted by atomic mass is 10.0. The number of amides is 1. The molecular weight excluding hydrogens is 302 g/mol. The molecule has 3 rings (SSSR count). The van der Waals surface area contributed by atoms with Crippen molar-refractivity contribution in [2.75, 3.05) is 6.61 Å². The minimum atomic E-state index is -0.119. The fraction of sp³-hybridized carbons (Fsp3) is 0.250. The van der Waals surface area contributed by atoms with E-state index in [1.807, 2.05) is 56.3 Å². The van der Waals surface area contributed by atoms with Crippen LogP contribution in [0.5, 0.6) is 5.75 Å². The molecule has 24 heavy (non-hydrogen) atoms. The Morgan fingerprint density at radius 3 is 2.79 bits per heavy atom. The number of hydrogen-bond donors (Lipinski definition) is 1. The van der Waals surface area contributed by atoms with Crippen molar-refractivity contribution in [3.05, 3.63) is 66.1 Å². The quantitative estimate of drug-likeness (QED) is 0.740. The maximum atomic E-state index is 12.9. The molecule has 1 atom stereocenters. The van der Waals surface area contributed by atoms with Crippen molar-refractivity contribution in [3.8, 4) is 5.75 Å². The van der Waals surface area contributed by atoms with Crippen molar-refractivity contribution >= 4 is 16.7 Å². The molecule has 4 heteroatoms. The lowest BCUT2D eigenvalue weighted by Crippen LogP contribution is -2.34. The van der Waals surface area contributed by atoms with Gasteiger partial charge in [-0.1, -0.05) is 30.3 Å². The van der Waals surface area contributed by atoms with Crippen molar-refractivity contribution in [3.63, 3.8) is 0 Å². The molecule has 0 aliphatic heterocycles. The predicted octanol–water partition coefficient (Wildman–Crippen LogP) is 4.19. The lowest BCUT2D eigenvalue weighted by molar-refractivity contribution is 0.0938. The number of ether oxygens (including phenoxy) is 1. The van der Waals surface area contributed by atoms with Crippen LogP contribution >= 0.6 is 0 Å². The second-order valence-electron chi connectivity index (χ2n) is 5.80. The van der Waals surface area contributed by atoms with Crippen molar-refractivity contribution in [1.82, 2.24) is 5.32 Å². The number of hydrogen-bond acceptors (Lipinski definition) is 3. The standard InChI is InChI=1S/C20H21NO3/c1-3-24-18-9-8-16-6-4-5-7-17(16)19(18)20(22)21-14(2)12-15-10-11-23-13-15/h4-11,13-14H,3,12H2,1-2H3,(H,21,22). The highest BCUT2D eigenvalue weighted by atomic mass is 16.5. The largest absolute Gasteiger partial charge is 0.493 e. The summed E-state index contributed by atoms with van der Waals surface area (Å²) in [5.41, 5.74) is 1.65. The smallest absolute Gasteiger partial charge is 0.255 e. The molecule has 0 saturated carbocycles. The normalized spacial score (nSPS) is 12.1. The Morgan fingerprint density at radius 1 is 1.21 bits per heavy atom. The van der Waals surface area contributed by atoms with Gasteiger partial charge in [0, 0.05) is 6.04 Å². The fourth-order valence-corrected chi connectivity index (χ4v) is 2.87. The van der Waals surface area contributed by atoms with E-state index in [0.29, 0.717) is 17.9 Å². The van der Waals surface area contributed by atoms with Crippen molar-refractivity contribution in [1.29, 1.82) is 0 Å². The van der Waals surface area contributed by atoms with E-state index in [2.05, 4.69) is 5.32 Å². The van der Waals surface area contributed by atoms with Gasteiger partial charge in [0.25, 0.3) is 5.91 Å². The summed E-state index contributed by atoms with van der Waals surface area (Å²) in [4.78, 5) is 12.9. The second-order valence-corrected chi connectivity index (χ2v) is 5.80. The third-order valence-electron chi connectivity index (χ3n) is 3.92. The highest BCUT2D eigenvalue weighted by Crippen LogP contribution is 2.28. The van der Waals surface area contributed by atoms with Gasteiger partial charge in [-0.25, -0.2) is 0 Å². The summed E-state index contributed by atoms with van der Waals surface area (Å²) in [6.45, 7) is 4.41. The van der Waals surface area contributed by atoms with E-state index in [-0.39, 0.29) is 11.9 Å². The second kappa shape index (κ2) is 7.21. The summed E-state index contributed by atoms with van der Waals surface area (Å²) in [6.07, 6.45) is 4.06. The number of carbonyl (C=O) groups is 1. The van der Waals surface area contributed by atoms with Crippen LogP contribution in [0.3, 0.4) is 0 Å². The van der Waals surface area contributed by atoms with E-state index >= 15 is 0 Å². The van der Waals surface area contributed by atoms with Crippen LogP contribution in [0.25, 0.3) is 10.8 Å². The van der Waals surface area contributed by atoms with E-state index in [0.717, 1.165) is 22.8 Å². The molecule has 4 nitrogen and oxygen atoms in total. The zero-order chi connectivity index (χ0) is 16.9. The summed E-state index contributed by atoms with van der Waals surface area (Å²) in [7, 11) is 0. The Morgan fingerprint density at radius 2 is 2.04 bits per heavy atom. The summed E-state index contributed by atoms with van der Waals surface area (Å²) in [5, 5.41) is 4.99. The minimum absolute atomic E-state index is 0.0106. The van der Waals surface area contributed by atoms with Gasteiger partial charge in [0.15, 0.2) is 0 Å². The average molecular weight is 323 g/mol. The Balaban J connectivity index is 1.88. The Bertz CT molecular complexity index is 824. The highest BCUT2D eigenvalue weighted by molar-refractivity contribution is 6.09. The molecule has 0 radical (unpaired) electrons. The van der Waals surface area contributed by atoms with Crippen molar-refractivity contribution in [2.45, 2.75) is 26.3 Å². The van der Waals surface area contributed by atoms with E-state index in [9.17, 15) is 4.79 Å². The summed E-state index contributed by atoms with van der Waals surface area (Å²) < 4.78 is 10.8. The molecule has 0 aliphatic carbocycles. The van der Waals surface area contributed by atoms with Gasteiger partial charge in [-0.2, -0.15) is 0 Å². The van der Waals surface area contributed by atoms with Crippen LogP contribution in [0.15, 0.2) is 59.4 Å². The van der Waals surface area contributed by atoms with Gasteiger partial charge in [0.2, 0.25) is 0 Å². The molecule has 1 unspecified atom stereocenters. The van der Waals surface area contributed by atoms with E-state index in [1.54, 1.807) is 12.5 Å². The Kier molecular flexibility index (Phi) is 4.85. The summed E-state index contributed by atoms with van der Waals surface area (Å²) in [6, 6.07) is 13.6. The number of rotatable bonds is 6. The molecule has 1 heterocycles. The third kappa shape index (κ3) is 3.43. The number of furan rings is 1. The number of fused-ring (bicyclic) bond motifs is 1. The zero-order valence-electron chi connectivity index (χ0n) is 13.9. The van der Waals surface area contributed by atoms with Crippen molar-refractivity contribution < 1.29 is 13.9 Å². The van der Waals surface area contributed by atoms with Crippen LogP contribution in [0.4, 0.5) is 0 Å². The molecule has 0 bridgehead atoms. The fourth-order valence-electron chi connectivity index (χ4n) is 2.87. The van der Waals surface area contributed by atoms with Crippen LogP contribution < -0.4 is 10.1 Å². The van der Waals surface area contributed by atoms with Crippen LogP contribution in [0, 0.1) is 0 Å². The van der Waals surface area contributed by atoms with E-state index in [1.165, 1.54) is 0 Å². The molecule has 0 saturated heterocycles. The highest BCUT2D eigenvalue weighted by Gasteiger charge is 2.18. The van der Waals surface area contributed by atoms with Gasteiger partial charge in [0.05, 0.1) is 24.7 Å². The molecule has 1 N–H and O–H groups in total.